The number of nitrogens with zero attached hydrogens (tertiary/aromatic N) is 3. The molecule has 4 nitrogen and oxygen atoms in total. The van der Waals surface area contributed by atoms with Crippen molar-refractivity contribution in [1.82, 2.24) is 9.88 Å². The summed E-state index contributed by atoms with van der Waals surface area (Å²) in [6, 6.07) is 15.2. The molecule has 0 bridgehead atoms. The van der Waals surface area contributed by atoms with E-state index in [1.807, 2.05) is 36.2 Å². The third kappa shape index (κ3) is 2.57. The number of aliphatic imine (C=N–C) groups is 1. The van der Waals surface area contributed by atoms with Crippen LogP contribution in [0.5, 0.6) is 5.75 Å². The number of methoxy groups -OCH3 is 1. The average Bonchev–Trinajstić information content (AvgIpc) is 3.21. The van der Waals surface area contributed by atoms with E-state index in [-0.39, 0.29) is 12.1 Å². The van der Waals surface area contributed by atoms with Gasteiger partial charge in [0.1, 0.15) is 11.8 Å². The van der Waals surface area contributed by atoms with Crippen LogP contribution in [0.1, 0.15) is 36.7 Å². The smallest absolute Gasteiger partial charge is 0.160 e. The summed E-state index contributed by atoms with van der Waals surface area (Å²) in [6.45, 7) is 2.25. The topological polar surface area (TPSA) is 37.7 Å². The van der Waals surface area contributed by atoms with Gasteiger partial charge in [0, 0.05) is 18.0 Å². The van der Waals surface area contributed by atoms with Gasteiger partial charge in [-0.25, -0.2) is 0 Å². The largest absolute Gasteiger partial charge is 0.497 e. The van der Waals surface area contributed by atoms with E-state index in [0.29, 0.717) is 6.04 Å². The van der Waals surface area contributed by atoms with Crippen LogP contribution in [0.15, 0.2) is 53.7 Å². The second-order valence-corrected chi connectivity index (χ2v) is 7.10. The monoisotopic (exact) mass is 339 g/mol. The first-order valence-electron chi connectivity index (χ1n) is 8.35. The van der Waals surface area contributed by atoms with E-state index >= 15 is 0 Å². The minimum Gasteiger partial charge on any atom is -0.497 e. The Hall–Kier alpha value is -2.01. The molecule has 3 atom stereocenters. The Kier molecular flexibility index (Phi) is 4.19. The number of amidine groups is 1. The van der Waals surface area contributed by atoms with Crippen molar-refractivity contribution in [3.63, 3.8) is 0 Å². The predicted molar refractivity (Wildman–Crippen MR) is 98.5 cm³/mol. The second kappa shape index (κ2) is 6.48. The molecular formula is C19H21N3OS. The lowest BCUT2D eigenvalue weighted by Crippen LogP contribution is -2.35. The van der Waals surface area contributed by atoms with E-state index in [1.54, 1.807) is 7.11 Å². The average molecular weight is 339 g/mol. The zero-order valence-corrected chi connectivity index (χ0v) is 14.7. The number of rotatable bonds is 4. The highest BCUT2D eigenvalue weighted by Gasteiger charge is 2.45. The maximum Gasteiger partial charge on any atom is 0.160 e. The number of benzene rings is 1. The van der Waals surface area contributed by atoms with Crippen LogP contribution < -0.4 is 4.74 Å². The van der Waals surface area contributed by atoms with E-state index in [4.69, 9.17) is 9.73 Å². The number of hydrogen-bond acceptors (Lipinski definition) is 5. The zero-order chi connectivity index (χ0) is 16.5. The van der Waals surface area contributed by atoms with Gasteiger partial charge in [0.05, 0.1) is 18.8 Å². The lowest BCUT2D eigenvalue weighted by Gasteiger charge is -2.32. The summed E-state index contributed by atoms with van der Waals surface area (Å²) in [4.78, 5) is 12.1. The normalized spacial score (nSPS) is 25.5. The molecule has 2 aliphatic rings. The van der Waals surface area contributed by atoms with Crippen molar-refractivity contribution in [2.24, 2.45) is 4.99 Å². The van der Waals surface area contributed by atoms with Gasteiger partial charge in [-0.2, -0.15) is 0 Å². The minimum atomic E-state index is 0.0372. The van der Waals surface area contributed by atoms with Gasteiger partial charge in [0.2, 0.25) is 0 Å². The van der Waals surface area contributed by atoms with Crippen molar-refractivity contribution >= 4 is 16.9 Å². The molecule has 3 heterocycles. The first-order chi connectivity index (χ1) is 11.8. The SMILES string of the molecule is CC[C@H]1CSC2=N[C@@H](c3ccccn3)[C@@H](c3cccc(OC)c3)N21. The van der Waals surface area contributed by atoms with Gasteiger partial charge in [-0.1, -0.05) is 36.9 Å². The summed E-state index contributed by atoms with van der Waals surface area (Å²) in [7, 11) is 1.71. The van der Waals surface area contributed by atoms with Crippen LogP contribution in [0.2, 0.25) is 0 Å². The van der Waals surface area contributed by atoms with Gasteiger partial charge >= 0.3 is 0 Å². The molecule has 124 valence electrons. The summed E-state index contributed by atoms with van der Waals surface area (Å²) in [5.41, 5.74) is 2.27. The van der Waals surface area contributed by atoms with Crippen LogP contribution in [0, 0.1) is 0 Å². The van der Waals surface area contributed by atoms with Crippen molar-refractivity contribution in [1.29, 1.82) is 0 Å². The number of aromatic nitrogens is 1. The zero-order valence-electron chi connectivity index (χ0n) is 13.9. The Morgan fingerprint density at radius 1 is 1.25 bits per heavy atom. The molecule has 2 aromatic rings. The maximum absolute atomic E-state index is 5.44. The van der Waals surface area contributed by atoms with Crippen LogP contribution in [0.25, 0.3) is 0 Å². The first kappa shape index (κ1) is 15.5. The molecule has 0 amide bonds. The van der Waals surface area contributed by atoms with Crippen LogP contribution in [0.4, 0.5) is 0 Å². The Morgan fingerprint density at radius 2 is 2.17 bits per heavy atom. The lowest BCUT2D eigenvalue weighted by atomic mass is 9.95. The van der Waals surface area contributed by atoms with Crippen LogP contribution in [0.3, 0.4) is 0 Å². The molecule has 0 radical (unpaired) electrons. The molecule has 2 aliphatic heterocycles. The Bertz CT molecular complexity index is 749. The van der Waals surface area contributed by atoms with Crippen LogP contribution >= 0.6 is 11.8 Å². The van der Waals surface area contributed by atoms with Gasteiger partial charge in [0.15, 0.2) is 5.17 Å². The van der Waals surface area contributed by atoms with E-state index in [1.165, 1.54) is 5.56 Å². The summed E-state index contributed by atoms with van der Waals surface area (Å²) < 4.78 is 5.44. The summed E-state index contributed by atoms with van der Waals surface area (Å²) >= 11 is 1.87. The predicted octanol–water partition coefficient (Wildman–Crippen LogP) is 4.07. The van der Waals surface area contributed by atoms with Crippen molar-refractivity contribution in [2.75, 3.05) is 12.9 Å². The molecule has 4 rings (SSSR count). The van der Waals surface area contributed by atoms with Crippen molar-refractivity contribution < 1.29 is 4.74 Å². The minimum absolute atomic E-state index is 0.0372. The standard InChI is InChI=1S/C19H21N3OS/c1-3-14-12-24-19-21-17(16-9-4-5-10-20-16)18(22(14)19)13-7-6-8-15(11-13)23-2/h4-11,14,17-18H,3,12H2,1-2H3/t14-,17-,18+/m0/s1. The molecule has 0 aliphatic carbocycles. The summed E-state index contributed by atoms with van der Waals surface area (Å²) in [5, 5.41) is 1.16. The molecule has 1 aromatic heterocycles. The molecule has 1 saturated heterocycles. The highest BCUT2D eigenvalue weighted by molar-refractivity contribution is 8.14. The van der Waals surface area contributed by atoms with Crippen LogP contribution in [-0.2, 0) is 0 Å². The van der Waals surface area contributed by atoms with Gasteiger partial charge in [-0.15, -0.1) is 0 Å². The Balaban J connectivity index is 1.79. The van der Waals surface area contributed by atoms with E-state index in [0.717, 1.165) is 28.8 Å². The molecule has 1 aromatic carbocycles. The molecule has 0 saturated carbocycles. The fraction of sp³-hybridized carbons (Fsp3) is 0.368. The second-order valence-electron chi connectivity index (χ2n) is 6.11. The number of ether oxygens (including phenoxy) is 1. The maximum atomic E-state index is 5.44. The molecule has 0 unspecified atom stereocenters. The number of hydrogen-bond donors (Lipinski definition) is 0. The molecule has 1 fully saturated rings. The van der Waals surface area contributed by atoms with Crippen molar-refractivity contribution in [3.05, 3.63) is 59.9 Å². The van der Waals surface area contributed by atoms with Gasteiger partial charge in [0.25, 0.3) is 0 Å². The fourth-order valence-corrected chi connectivity index (χ4v) is 4.87. The Labute approximate surface area is 147 Å². The number of fused-ring (bicyclic) bond motifs is 1. The van der Waals surface area contributed by atoms with Gasteiger partial charge in [-0.05, 0) is 36.2 Å². The van der Waals surface area contributed by atoms with Gasteiger partial charge < -0.3 is 9.64 Å². The summed E-state index contributed by atoms with van der Waals surface area (Å²) in [5.74, 6) is 2.01. The summed E-state index contributed by atoms with van der Waals surface area (Å²) in [6.07, 6.45) is 2.98. The molecule has 5 heteroatoms. The molecule has 0 spiro atoms. The highest BCUT2D eigenvalue weighted by Crippen LogP contribution is 2.48. The molecular weight excluding hydrogens is 318 g/mol. The quantitative estimate of drug-likeness (QED) is 0.841. The van der Waals surface area contributed by atoms with Crippen LogP contribution in [-0.4, -0.2) is 34.0 Å². The third-order valence-corrected chi connectivity index (χ3v) is 5.89. The van der Waals surface area contributed by atoms with Crippen molar-refractivity contribution in [3.8, 4) is 5.75 Å². The van der Waals surface area contributed by atoms with E-state index in [2.05, 4.69) is 41.1 Å². The fourth-order valence-electron chi connectivity index (χ4n) is 3.54. The molecule has 0 N–H and O–H groups in total. The van der Waals surface area contributed by atoms with Crippen molar-refractivity contribution in [2.45, 2.75) is 31.5 Å². The third-order valence-electron chi connectivity index (χ3n) is 4.76. The van der Waals surface area contributed by atoms with Gasteiger partial charge in [-0.3, -0.25) is 9.98 Å². The highest BCUT2D eigenvalue weighted by atomic mass is 32.2. The molecule has 24 heavy (non-hydrogen) atoms. The van der Waals surface area contributed by atoms with E-state index < -0.39 is 0 Å². The first-order valence-corrected chi connectivity index (χ1v) is 9.34. The number of pyridine rings is 1. The Morgan fingerprint density at radius 3 is 2.92 bits per heavy atom. The number of thioether (sulfide) groups is 1. The van der Waals surface area contributed by atoms with E-state index in [9.17, 15) is 0 Å². The lowest BCUT2D eigenvalue weighted by molar-refractivity contribution is 0.254.